The van der Waals surface area contributed by atoms with Crippen molar-refractivity contribution < 1.29 is 19.4 Å². The van der Waals surface area contributed by atoms with E-state index in [1.54, 1.807) is 13.2 Å². The zero-order valence-electron chi connectivity index (χ0n) is 13.5. The lowest BCUT2D eigenvalue weighted by atomic mass is 9.94. The summed E-state index contributed by atoms with van der Waals surface area (Å²) < 4.78 is 10.9. The first-order valence-corrected chi connectivity index (χ1v) is 7.67. The Morgan fingerprint density at radius 2 is 1.96 bits per heavy atom. The van der Waals surface area contributed by atoms with Gasteiger partial charge in [0.1, 0.15) is 11.5 Å². The van der Waals surface area contributed by atoms with Crippen LogP contribution in [0.2, 0.25) is 0 Å². The molecule has 0 aromatic heterocycles. The molecule has 0 saturated carbocycles. The van der Waals surface area contributed by atoms with Gasteiger partial charge >= 0.3 is 5.97 Å². The fraction of sp³-hybridized carbons (Fsp3) is 0.316. The minimum atomic E-state index is -0.825. The van der Waals surface area contributed by atoms with Crippen molar-refractivity contribution in [3.05, 3.63) is 59.7 Å². The van der Waals surface area contributed by atoms with E-state index in [1.165, 1.54) is 0 Å². The van der Waals surface area contributed by atoms with E-state index in [-0.39, 0.29) is 0 Å². The topological polar surface area (TPSA) is 55.8 Å². The second-order valence-corrected chi connectivity index (χ2v) is 5.42. The van der Waals surface area contributed by atoms with Gasteiger partial charge < -0.3 is 14.6 Å². The molecule has 0 saturated heterocycles. The minimum absolute atomic E-state index is 0.499. The Bertz CT molecular complexity index is 651. The van der Waals surface area contributed by atoms with E-state index in [1.807, 2.05) is 49.4 Å². The third-order valence-electron chi connectivity index (χ3n) is 3.78. The summed E-state index contributed by atoms with van der Waals surface area (Å²) in [5.41, 5.74) is 1.84. The van der Waals surface area contributed by atoms with E-state index >= 15 is 0 Å². The molecule has 23 heavy (non-hydrogen) atoms. The van der Waals surface area contributed by atoms with Crippen molar-refractivity contribution >= 4 is 5.97 Å². The van der Waals surface area contributed by atoms with Crippen LogP contribution in [0.1, 0.15) is 29.9 Å². The lowest BCUT2D eigenvalue weighted by Gasteiger charge is -2.14. The standard InChI is InChI=1S/C19H22O4/c1-14-7-3-4-11-18(14)23-12-6-10-17(19(20)21)15-8-5-9-16(13-15)22-2/h3-5,7-9,11,13,17H,6,10,12H2,1-2H3,(H,20,21). The third kappa shape index (κ3) is 4.74. The number of aliphatic carboxylic acids is 1. The molecule has 4 heteroatoms. The van der Waals surface area contributed by atoms with Gasteiger partial charge in [-0.1, -0.05) is 30.3 Å². The van der Waals surface area contributed by atoms with Crippen LogP contribution in [0.15, 0.2) is 48.5 Å². The summed E-state index contributed by atoms with van der Waals surface area (Å²) in [4.78, 5) is 11.5. The largest absolute Gasteiger partial charge is 0.497 e. The van der Waals surface area contributed by atoms with Crippen LogP contribution in [0.25, 0.3) is 0 Å². The molecule has 122 valence electrons. The lowest BCUT2D eigenvalue weighted by molar-refractivity contribution is -0.139. The quantitative estimate of drug-likeness (QED) is 0.747. The van der Waals surface area contributed by atoms with Gasteiger partial charge in [-0.15, -0.1) is 0 Å². The summed E-state index contributed by atoms with van der Waals surface area (Å²) in [6.45, 7) is 2.49. The van der Waals surface area contributed by atoms with Crippen molar-refractivity contribution in [2.45, 2.75) is 25.7 Å². The van der Waals surface area contributed by atoms with Gasteiger partial charge in [-0.25, -0.2) is 0 Å². The maximum absolute atomic E-state index is 11.5. The molecule has 0 aliphatic heterocycles. The number of carboxylic acid groups (broad SMARTS) is 1. The molecule has 0 heterocycles. The maximum atomic E-state index is 11.5. The van der Waals surface area contributed by atoms with Gasteiger partial charge in [0.25, 0.3) is 0 Å². The van der Waals surface area contributed by atoms with E-state index in [0.717, 1.165) is 16.9 Å². The van der Waals surface area contributed by atoms with Crippen LogP contribution in [-0.2, 0) is 4.79 Å². The van der Waals surface area contributed by atoms with Crippen molar-refractivity contribution in [3.63, 3.8) is 0 Å². The molecule has 0 fully saturated rings. The van der Waals surface area contributed by atoms with Gasteiger partial charge in [-0.3, -0.25) is 4.79 Å². The molecule has 1 unspecified atom stereocenters. The normalized spacial score (nSPS) is 11.7. The smallest absolute Gasteiger partial charge is 0.310 e. The van der Waals surface area contributed by atoms with Crippen LogP contribution in [0.3, 0.4) is 0 Å². The average molecular weight is 314 g/mol. The fourth-order valence-corrected chi connectivity index (χ4v) is 2.48. The number of methoxy groups -OCH3 is 1. The van der Waals surface area contributed by atoms with Gasteiger partial charge in [-0.2, -0.15) is 0 Å². The average Bonchev–Trinajstić information content (AvgIpc) is 2.56. The molecule has 0 spiro atoms. The number of para-hydroxylation sites is 1. The number of rotatable bonds is 8. The van der Waals surface area contributed by atoms with Crippen LogP contribution in [0.5, 0.6) is 11.5 Å². The summed E-state index contributed by atoms with van der Waals surface area (Å²) in [7, 11) is 1.57. The lowest BCUT2D eigenvalue weighted by Crippen LogP contribution is -2.13. The number of carbonyl (C=O) groups is 1. The highest BCUT2D eigenvalue weighted by Gasteiger charge is 2.20. The fourth-order valence-electron chi connectivity index (χ4n) is 2.48. The zero-order valence-corrected chi connectivity index (χ0v) is 13.5. The number of ether oxygens (including phenoxy) is 2. The Labute approximate surface area is 136 Å². The van der Waals surface area contributed by atoms with Crippen LogP contribution < -0.4 is 9.47 Å². The van der Waals surface area contributed by atoms with Crippen molar-refractivity contribution in [2.24, 2.45) is 0 Å². The summed E-state index contributed by atoms with van der Waals surface area (Å²) in [6, 6.07) is 15.0. The summed E-state index contributed by atoms with van der Waals surface area (Å²) in [5.74, 6) is 0.144. The van der Waals surface area contributed by atoms with Crippen molar-refractivity contribution in [1.29, 1.82) is 0 Å². The number of hydrogen-bond acceptors (Lipinski definition) is 3. The molecule has 0 radical (unpaired) electrons. The summed E-state index contributed by atoms with van der Waals surface area (Å²) in [5, 5.41) is 9.47. The molecular formula is C19H22O4. The van der Waals surface area contributed by atoms with Gasteiger partial charge in [-0.05, 0) is 49.1 Å². The number of carboxylic acids is 1. The van der Waals surface area contributed by atoms with Crippen LogP contribution >= 0.6 is 0 Å². The highest BCUT2D eigenvalue weighted by Crippen LogP contribution is 2.25. The Hall–Kier alpha value is -2.49. The summed E-state index contributed by atoms with van der Waals surface area (Å²) in [6.07, 6.45) is 1.19. The van der Waals surface area contributed by atoms with Crippen LogP contribution in [0.4, 0.5) is 0 Å². The number of hydrogen-bond donors (Lipinski definition) is 1. The molecule has 2 aromatic carbocycles. The van der Waals surface area contributed by atoms with E-state index in [0.29, 0.717) is 25.2 Å². The highest BCUT2D eigenvalue weighted by atomic mass is 16.5. The third-order valence-corrected chi connectivity index (χ3v) is 3.78. The van der Waals surface area contributed by atoms with Gasteiger partial charge in [0, 0.05) is 0 Å². The molecule has 1 N–H and O–H groups in total. The number of benzene rings is 2. The van der Waals surface area contributed by atoms with Gasteiger partial charge in [0.2, 0.25) is 0 Å². The molecule has 1 atom stereocenters. The van der Waals surface area contributed by atoms with E-state index in [4.69, 9.17) is 9.47 Å². The Morgan fingerprint density at radius 1 is 1.17 bits per heavy atom. The minimum Gasteiger partial charge on any atom is -0.497 e. The SMILES string of the molecule is COc1cccc(C(CCCOc2ccccc2C)C(=O)O)c1. The first-order chi connectivity index (χ1) is 11.1. The Kier molecular flexibility index (Phi) is 6.03. The van der Waals surface area contributed by atoms with E-state index in [9.17, 15) is 9.90 Å². The van der Waals surface area contributed by atoms with Crippen molar-refractivity contribution in [2.75, 3.05) is 13.7 Å². The monoisotopic (exact) mass is 314 g/mol. The first kappa shape index (κ1) is 16.9. The molecule has 0 amide bonds. The predicted octanol–water partition coefficient (Wildman–Crippen LogP) is 4.03. The Morgan fingerprint density at radius 3 is 2.65 bits per heavy atom. The van der Waals surface area contributed by atoms with Crippen molar-refractivity contribution in [3.8, 4) is 11.5 Å². The molecule has 2 aromatic rings. The highest BCUT2D eigenvalue weighted by molar-refractivity contribution is 5.76. The zero-order chi connectivity index (χ0) is 16.7. The summed E-state index contributed by atoms with van der Waals surface area (Å²) >= 11 is 0. The van der Waals surface area contributed by atoms with Crippen LogP contribution in [-0.4, -0.2) is 24.8 Å². The van der Waals surface area contributed by atoms with Crippen molar-refractivity contribution in [1.82, 2.24) is 0 Å². The number of aryl methyl sites for hydroxylation is 1. The second-order valence-electron chi connectivity index (χ2n) is 5.42. The maximum Gasteiger partial charge on any atom is 0.310 e. The molecule has 2 rings (SSSR count). The van der Waals surface area contributed by atoms with Crippen LogP contribution in [0, 0.1) is 6.92 Å². The molecule has 0 aliphatic carbocycles. The second kappa shape index (κ2) is 8.22. The predicted molar refractivity (Wildman–Crippen MR) is 89.3 cm³/mol. The van der Waals surface area contributed by atoms with Gasteiger partial charge in [0.05, 0.1) is 19.6 Å². The van der Waals surface area contributed by atoms with E-state index in [2.05, 4.69) is 0 Å². The molecule has 4 nitrogen and oxygen atoms in total. The first-order valence-electron chi connectivity index (χ1n) is 7.67. The Balaban J connectivity index is 1.93. The van der Waals surface area contributed by atoms with E-state index < -0.39 is 11.9 Å². The molecule has 0 bridgehead atoms. The van der Waals surface area contributed by atoms with Gasteiger partial charge in [0.15, 0.2) is 0 Å². The molecular weight excluding hydrogens is 292 g/mol. The molecule has 0 aliphatic rings.